The van der Waals surface area contributed by atoms with Gasteiger partial charge in [0.15, 0.2) is 5.82 Å². The summed E-state index contributed by atoms with van der Waals surface area (Å²) in [5.41, 5.74) is 1.41. The van der Waals surface area contributed by atoms with Gasteiger partial charge in [0.05, 0.1) is 5.69 Å². The van der Waals surface area contributed by atoms with Crippen molar-refractivity contribution in [2.45, 2.75) is 51.0 Å². The van der Waals surface area contributed by atoms with Crippen LogP contribution in [0.15, 0.2) is 30.3 Å². The van der Waals surface area contributed by atoms with Crippen LogP contribution < -0.4 is 4.90 Å². The summed E-state index contributed by atoms with van der Waals surface area (Å²) in [4.78, 5) is 5.02. The van der Waals surface area contributed by atoms with Gasteiger partial charge in [-0.05, 0) is 81.3 Å². The minimum Gasteiger partial charge on any atom is -0.355 e. The Labute approximate surface area is 170 Å². The fraction of sp³-hybridized carbons (Fsp3) is 0.565. The van der Waals surface area contributed by atoms with Crippen LogP contribution in [0.25, 0.3) is 11.3 Å². The van der Waals surface area contributed by atoms with E-state index in [4.69, 9.17) is 0 Å². The summed E-state index contributed by atoms with van der Waals surface area (Å²) < 4.78 is 26.9. The van der Waals surface area contributed by atoms with E-state index in [1.54, 1.807) is 6.07 Å². The van der Waals surface area contributed by atoms with Crippen molar-refractivity contribution in [3.8, 4) is 11.3 Å². The molecule has 154 valence electrons. The normalized spacial score (nSPS) is 22.6. The predicted octanol–water partition coefficient (Wildman–Crippen LogP) is 4.66. The molecule has 0 N–H and O–H groups in total. The minimum absolute atomic E-state index is 0.414. The van der Waals surface area contributed by atoms with Crippen LogP contribution in [0.3, 0.4) is 0 Å². The van der Waals surface area contributed by atoms with Crippen LogP contribution in [0.2, 0.25) is 0 Å². The Balaban J connectivity index is 1.20. The van der Waals surface area contributed by atoms with Crippen LogP contribution in [0.1, 0.15) is 44.9 Å². The quantitative estimate of drug-likeness (QED) is 0.753. The van der Waals surface area contributed by atoms with E-state index in [0.29, 0.717) is 16.7 Å². The first-order valence-electron chi connectivity index (χ1n) is 10.9. The van der Waals surface area contributed by atoms with Crippen molar-refractivity contribution >= 4 is 5.82 Å². The lowest BCUT2D eigenvalue weighted by Crippen LogP contribution is -2.51. The molecule has 3 heterocycles. The molecule has 5 rings (SSSR count). The molecule has 1 aromatic carbocycles. The van der Waals surface area contributed by atoms with E-state index < -0.39 is 11.6 Å². The Morgan fingerprint density at radius 2 is 1.48 bits per heavy atom. The molecule has 0 amide bonds. The zero-order valence-corrected chi connectivity index (χ0v) is 16.8. The van der Waals surface area contributed by atoms with E-state index in [9.17, 15) is 8.78 Å². The van der Waals surface area contributed by atoms with Gasteiger partial charge in [0, 0.05) is 30.8 Å². The summed E-state index contributed by atoms with van der Waals surface area (Å²) in [6, 6.07) is 8.03. The Bertz CT molecular complexity index is 827. The molecule has 3 aliphatic rings. The van der Waals surface area contributed by atoms with Gasteiger partial charge in [0.2, 0.25) is 0 Å². The molecule has 0 unspecified atom stereocenters. The van der Waals surface area contributed by atoms with E-state index in [0.717, 1.165) is 31.0 Å². The third-order valence-corrected chi connectivity index (χ3v) is 7.41. The molecule has 0 bridgehead atoms. The molecular formula is C23H28F2N4. The predicted molar refractivity (Wildman–Crippen MR) is 110 cm³/mol. The van der Waals surface area contributed by atoms with Crippen LogP contribution in [-0.4, -0.2) is 47.3 Å². The second kappa shape index (κ2) is 7.63. The molecule has 6 heteroatoms. The number of hydrogen-bond donors (Lipinski definition) is 0. The zero-order valence-electron chi connectivity index (χ0n) is 16.8. The third kappa shape index (κ3) is 3.87. The first kappa shape index (κ1) is 18.9. The number of aromatic nitrogens is 2. The maximum Gasteiger partial charge on any atom is 0.151 e. The number of benzene rings is 1. The molecule has 1 spiro atoms. The number of rotatable bonds is 3. The van der Waals surface area contributed by atoms with Crippen molar-refractivity contribution in [3.63, 3.8) is 0 Å². The molecule has 0 radical (unpaired) electrons. The van der Waals surface area contributed by atoms with Crippen molar-refractivity contribution in [2.75, 3.05) is 31.1 Å². The average Bonchev–Trinajstić information content (AvgIpc) is 2.69. The van der Waals surface area contributed by atoms with Crippen molar-refractivity contribution in [1.82, 2.24) is 15.1 Å². The maximum absolute atomic E-state index is 13.5. The first-order valence-corrected chi connectivity index (χ1v) is 10.9. The molecule has 29 heavy (non-hydrogen) atoms. The Morgan fingerprint density at radius 3 is 2.03 bits per heavy atom. The largest absolute Gasteiger partial charge is 0.355 e. The van der Waals surface area contributed by atoms with Gasteiger partial charge in [-0.1, -0.05) is 6.42 Å². The zero-order chi connectivity index (χ0) is 19.8. The van der Waals surface area contributed by atoms with Crippen molar-refractivity contribution < 1.29 is 8.78 Å². The highest BCUT2D eigenvalue weighted by Crippen LogP contribution is 2.43. The van der Waals surface area contributed by atoms with E-state index in [1.165, 1.54) is 70.2 Å². The van der Waals surface area contributed by atoms with Gasteiger partial charge in [-0.3, -0.25) is 0 Å². The molecule has 2 aliphatic heterocycles. The Hall–Kier alpha value is -2.08. The topological polar surface area (TPSA) is 32.3 Å². The summed E-state index contributed by atoms with van der Waals surface area (Å²) in [7, 11) is 0. The lowest BCUT2D eigenvalue weighted by Gasteiger charge is -2.50. The van der Waals surface area contributed by atoms with Crippen molar-refractivity contribution in [2.24, 2.45) is 5.41 Å². The highest BCUT2D eigenvalue weighted by Gasteiger charge is 2.39. The fourth-order valence-electron chi connectivity index (χ4n) is 5.18. The Morgan fingerprint density at radius 1 is 0.828 bits per heavy atom. The standard InChI is InChI=1S/C23H28F2N4/c24-18-14-17(15-19(25)16-18)21-4-5-22(27-26-21)29-12-8-23(9-13-29)6-10-28(11-7-23)20-2-1-3-20/h4-5,14-16,20H,1-3,6-13H2. The number of likely N-dealkylation sites (tertiary alicyclic amines) is 1. The van der Waals surface area contributed by atoms with E-state index in [-0.39, 0.29) is 0 Å². The first-order chi connectivity index (χ1) is 14.1. The molecule has 2 saturated heterocycles. The molecule has 1 saturated carbocycles. The van der Waals surface area contributed by atoms with E-state index in [1.807, 2.05) is 6.07 Å². The summed E-state index contributed by atoms with van der Waals surface area (Å²) in [5, 5.41) is 8.57. The van der Waals surface area contributed by atoms with Crippen LogP contribution in [0, 0.1) is 17.0 Å². The summed E-state index contributed by atoms with van der Waals surface area (Å²) in [5.74, 6) is -0.349. The average molecular weight is 399 g/mol. The van der Waals surface area contributed by atoms with Crippen LogP contribution >= 0.6 is 0 Å². The highest BCUT2D eigenvalue weighted by molar-refractivity contribution is 5.60. The number of anilines is 1. The van der Waals surface area contributed by atoms with Gasteiger partial charge >= 0.3 is 0 Å². The van der Waals surface area contributed by atoms with Gasteiger partial charge < -0.3 is 9.80 Å². The van der Waals surface area contributed by atoms with Crippen LogP contribution in [-0.2, 0) is 0 Å². The molecule has 0 atom stereocenters. The van der Waals surface area contributed by atoms with E-state index in [2.05, 4.69) is 20.0 Å². The second-order valence-electron chi connectivity index (χ2n) is 9.04. The van der Waals surface area contributed by atoms with Crippen molar-refractivity contribution in [3.05, 3.63) is 42.0 Å². The van der Waals surface area contributed by atoms with E-state index >= 15 is 0 Å². The van der Waals surface area contributed by atoms with Crippen LogP contribution in [0.5, 0.6) is 0 Å². The lowest BCUT2D eigenvalue weighted by molar-refractivity contribution is 0.0305. The molecule has 1 aromatic heterocycles. The number of hydrogen-bond acceptors (Lipinski definition) is 4. The smallest absolute Gasteiger partial charge is 0.151 e. The molecule has 4 nitrogen and oxygen atoms in total. The van der Waals surface area contributed by atoms with Gasteiger partial charge in [-0.15, -0.1) is 10.2 Å². The Kier molecular flexibility index (Phi) is 4.98. The SMILES string of the molecule is Fc1cc(F)cc(-c2ccc(N3CCC4(CC3)CCN(C3CCC3)CC4)nn2)c1. The molecular weight excluding hydrogens is 370 g/mol. The number of nitrogens with zero attached hydrogens (tertiary/aromatic N) is 4. The monoisotopic (exact) mass is 398 g/mol. The maximum atomic E-state index is 13.5. The summed E-state index contributed by atoms with van der Waals surface area (Å²) in [6.07, 6.45) is 9.29. The van der Waals surface area contributed by atoms with Gasteiger partial charge in [0.25, 0.3) is 0 Å². The molecule has 3 fully saturated rings. The van der Waals surface area contributed by atoms with Gasteiger partial charge in [0.1, 0.15) is 11.6 Å². The number of piperidine rings is 2. The molecule has 1 aliphatic carbocycles. The summed E-state index contributed by atoms with van der Waals surface area (Å²) >= 11 is 0. The van der Waals surface area contributed by atoms with Gasteiger partial charge in [-0.25, -0.2) is 8.78 Å². The molecule has 2 aromatic rings. The van der Waals surface area contributed by atoms with Gasteiger partial charge in [-0.2, -0.15) is 0 Å². The highest BCUT2D eigenvalue weighted by atomic mass is 19.1. The third-order valence-electron chi connectivity index (χ3n) is 7.41. The summed E-state index contributed by atoms with van der Waals surface area (Å²) in [6.45, 7) is 4.55. The fourth-order valence-corrected chi connectivity index (χ4v) is 5.18. The minimum atomic E-state index is -0.601. The number of halogens is 2. The van der Waals surface area contributed by atoms with Crippen molar-refractivity contribution in [1.29, 1.82) is 0 Å². The second-order valence-corrected chi connectivity index (χ2v) is 9.04. The van der Waals surface area contributed by atoms with Crippen LogP contribution in [0.4, 0.5) is 14.6 Å². The lowest BCUT2D eigenvalue weighted by atomic mass is 9.70.